The smallest absolute Gasteiger partial charge is 0.296 e. The number of aromatic nitrogens is 3. The minimum atomic E-state index is -4.39. The SMILES string of the molecule is Cc1cc2c(cc1C(F)(F)F)nc1c3ccc(C(C)(C)C)nc3cc(C)n21. The number of alkyl halides is 3. The monoisotopic (exact) mass is 371 g/mol. The van der Waals surface area contributed by atoms with Crippen molar-refractivity contribution in [3.63, 3.8) is 0 Å². The molecular formula is C21H20F3N3. The van der Waals surface area contributed by atoms with E-state index in [1.807, 2.05) is 29.5 Å². The average Bonchev–Trinajstić information content (AvgIpc) is 2.91. The predicted octanol–water partition coefficient (Wildman–Crippen LogP) is 5.97. The van der Waals surface area contributed by atoms with Crippen LogP contribution in [0.2, 0.25) is 0 Å². The fourth-order valence-corrected chi connectivity index (χ4v) is 3.53. The molecule has 6 heteroatoms. The maximum absolute atomic E-state index is 13.3. The zero-order valence-electron chi connectivity index (χ0n) is 15.9. The van der Waals surface area contributed by atoms with E-state index in [-0.39, 0.29) is 11.0 Å². The maximum Gasteiger partial charge on any atom is 0.416 e. The summed E-state index contributed by atoms with van der Waals surface area (Å²) in [6.45, 7) is 9.69. The lowest BCUT2D eigenvalue weighted by Gasteiger charge is -2.18. The summed E-state index contributed by atoms with van der Waals surface area (Å²) in [5.41, 5.74) is 3.75. The molecule has 0 saturated carbocycles. The van der Waals surface area contributed by atoms with Crippen LogP contribution in [0.3, 0.4) is 0 Å². The van der Waals surface area contributed by atoms with Gasteiger partial charge in [-0.25, -0.2) is 4.98 Å². The van der Waals surface area contributed by atoms with E-state index < -0.39 is 11.7 Å². The van der Waals surface area contributed by atoms with E-state index in [0.717, 1.165) is 28.4 Å². The van der Waals surface area contributed by atoms with Crippen LogP contribution in [0, 0.1) is 13.8 Å². The quantitative estimate of drug-likeness (QED) is 0.381. The van der Waals surface area contributed by atoms with Crippen LogP contribution in [-0.4, -0.2) is 14.4 Å². The Morgan fingerprint density at radius 2 is 1.59 bits per heavy atom. The van der Waals surface area contributed by atoms with E-state index in [4.69, 9.17) is 4.98 Å². The molecule has 0 spiro atoms. The third-order valence-corrected chi connectivity index (χ3v) is 4.94. The molecule has 0 fully saturated rings. The van der Waals surface area contributed by atoms with Crippen molar-refractivity contribution < 1.29 is 13.2 Å². The van der Waals surface area contributed by atoms with Crippen molar-refractivity contribution >= 4 is 27.6 Å². The van der Waals surface area contributed by atoms with Gasteiger partial charge in [0.2, 0.25) is 0 Å². The standard InChI is InChI=1S/C21H20F3N3/c1-11-8-17-16(10-14(11)21(22,23)24)26-19-13-6-7-18(20(3,4)5)25-15(13)9-12(2)27(17)19/h6-10H,1-5H3. The minimum absolute atomic E-state index is 0.0902. The van der Waals surface area contributed by atoms with Crippen LogP contribution in [0.4, 0.5) is 13.2 Å². The lowest BCUT2D eigenvalue weighted by molar-refractivity contribution is -0.137. The molecule has 0 amide bonds. The molecule has 3 heterocycles. The Kier molecular flexibility index (Phi) is 3.58. The first-order chi connectivity index (χ1) is 12.5. The predicted molar refractivity (Wildman–Crippen MR) is 101 cm³/mol. The van der Waals surface area contributed by atoms with Crippen molar-refractivity contribution in [2.45, 2.75) is 46.2 Å². The summed E-state index contributed by atoms with van der Waals surface area (Å²) < 4.78 is 41.7. The molecule has 0 aliphatic carbocycles. The Hall–Kier alpha value is -2.63. The number of halogens is 3. The number of fused-ring (bicyclic) bond motifs is 5. The van der Waals surface area contributed by atoms with Gasteiger partial charge in [0, 0.05) is 22.2 Å². The number of pyridine rings is 2. The van der Waals surface area contributed by atoms with E-state index >= 15 is 0 Å². The molecule has 4 aromatic rings. The van der Waals surface area contributed by atoms with Gasteiger partial charge >= 0.3 is 6.18 Å². The number of hydrogen-bond acceptors (Lipinski definition) is 2. The lowest BCUT2D eigenvalue weighted by atomic mass is 9.91. The van der Waals surface area contributed by atoms with Gasteiger partial charge in [-0.3, -0.25) is 9.38 Å². The van der Waals surface area contributed by atoms with Crippen molar-refractivity contribution in [1.82, 2.24) is 14.4 Å². The van der Waals surface area contributed by atoms with E-state index in [1.165, 1.54) is 6.92 Å². The van der Waals surface area contributed by atoms with Gasteiger partial charge in [0.05, 0.1) is 22.1 Å². The van der Waals surface area contributed by atoms with Gasteiger partial charge in [-0.2, -0.15) is 13.2 Å². The molecular weight excluding hydrogens is 351 g/mol. The molecule has 0 bridgehead atoms. The molecule has 0 radical (unpaired) electrons. The third-order valence-electron chi connectivity index (χ3n) is 4.94. The lowest BCUT2D eigenvalue weighted by Crippen LogP contribution is -2.13. The van der Waals surface area contributed by atoms with Crippen molar-refractivity contribution in [3.8, 4) is 0 Å². The van der Waals surface area contributed by atoms with Crippen LogP contribution in [0.5, 0.6) is 0 Å². The van der Waals surface area contributed by atoms with Crippen LogP contribution in [0.25, 0.3) is 27.6 Å². The second kappa shape index (κ2) is 5.44. The fourth-order valence-electron chi connectivity index (χ4n) is 3.53. The van der Waals surface area contributed by atoms with Gasteiger partial charge in [-0.15, -0.1) is 0 Å². The van der Waals surface area contributed by atoms with Crippen LogP contribution in [0.1, 0.15) is 43.3 Å². The Balaban J connectivity index is 2.10. The highest BCUT2D eigenvalue weighted by Crippen LogP contribution is 2.35. The average molecular weight is 371 g/mol. The molecule has 4 rings (SSSR count). The first-order valence-corrected chi connectivity index (χ1v) is 8.77. The number of nitrogens with zero attached hydrogens (tertiary/aromatic N) is 3. The largest absolute Gasteiger partial charge is 0.416 e. The van der Waals surface area contributed by atoms with Crippen LogP contribution >= 0.6 is 0 Å². The van der Waals surface area contributed by atoms with Gasteiger partial charge in [0.15, 0.2) is 0 Å². The van der Waals surface area contributed by atoms with Crippen LogP contribution in [-0.2, 0) is 11.6 Å². The van der Waals surface area contributed by atoms with Crippen molar-refractivity contribution in [2.75, 3.05) is 0 Å². The van der Waals surface area contributed by atoms with Gasteiger partial charge < -0.3 is 0 Å². The van der Waals surface area contributed by atoms with Crippen LogP contribution < -0.4 is 0 Å². The second-order valence-electron chi connectivity index (χ2n) is 8.09. The number of aryl methyl sites for hydroxylation is 2. The molecule has 0 N–H and O–H groups in total. The van der Waals surface area contributed by atoms with Crippen molar-refractivity contribution in [3.05, 3.63) is 52.8 Å². The summed E-state index contributed by atoms with van der Waals surface area (Å²) in [6, 6.07) is 8.59. The van der Waals surface area contributed by atoms with Gasteiger partial charge in [-0.1, -0.05) is 20.8 Å². The van der Waals surface area contributed by atoms with E-state index in [2.05, 4.69) is 25.8 Å². The summed E-state index contributed by atoms with van der Waals surface area (Å²) in [6.07, 6.45) is -4.39. The molecule has 0 saturated heterocycles. The second-order valence-corrected chi connectivity index (χ2v) is 8.09. The van der Waals surface area contributed by atoms with E-state index in [9.17, 15) is 13.2 Å². The molecule has 0 atom stereocenters. The molecule has 3 aromatic heterocycles. The number of imidazole rings is 1. The van der Waals surface area contributed by atoms with Gasteiger partial charge in [-0.05, 0) is 49.7 Å². The summed E-state index contributed by atoms with van der Waals surface area (Å²) in [5, 5.41) is 0.830. The molecule has 0 aliphatic rings. The summed E-state index contributed by atoms with van der Waals surface area (Å²) in [7, 11) is 0. The maximum atomic E-state index is 13.3. The number of hydrogen-bond donors (Lipinski definition) is 0. The van der Waals surface area contributed by atoms with Gasteiger partial charge in [0.25, 0.3) is 0 Å². The number of rotatable bonds is 0. The van der Waals surface area contributed by atoms with E-state index in [1.54, 1.807) is 6.07 Å². The highest BCUT2D eigenvalue weighted by molar-refractivity contribution is 5.97. The highest BCUT2D eigenvalue weighted by Gasteiger charge is 2.33. The van der Waals surface area contributed by atoms with Crippen molar-refractivity contribution in [2.24, 2.45) is 0 Å². The Morgan fingerprint density at radius 3 is 2.22 bits per heavy atom. The first-order valence-electron chi connectivity index (χ1n) is 8.77. The Morgan fingerprint density at radius 1 is 0.889 bits per heavy atom. The molecule has 140 valence electrons. The molecule has 27 heavy (non-hydrogen) atoms. The Bertz CT molecular complexity index is 1210. The summed E-state index contributed by atoms with van der Waals surface area (Å²) in [4.78, 5) is 9.30. The first kappa shape index (κ1) is 17.8. The zero-order chi connectivity index (χ0) is 19.7. The highest BCUT2D eigenvalue weighted by atomic mass is 19.4. The van der Waals surface area contributed by atoms with Crippen molar-refractivity contribution in [1.29, 1.82) is 0 Å². The topological polar surface area (TPSA) is 30.2 Å². The number of benzene rings is 1. The summed E-state index contributed by atoms with van der Waals surface area (Å²) >= 11 is 0. The summed E-state index contributed by atoms with van der Waals surface area (Å²) in [5.74, 6) is 0. The zero-order valence-corrected chi connectivity index (χ0v) is 15.9. The molecule has 0 unspecified atom stereocenters. The minimum Gasteiger partial charge on any atom is -0.296 e. The molecule has 0 aliphatic heterocycles. The Labute approximate surface area is 154 Å². The third kappa shape index (κ3) is 2.74. The van der Waals surface area contributed by atoms with Gasteiger partial charge in [0.1, 0.15) is 5.65 Å². The molecule has 3 nitrogen and oxygen atoms in total. The van der Waals surface area contributed by atoms with E-state index in [0.29, 0.717) is 16.7 Å². The van der Waals surface area contributed by atoms with Crippen LogP contribution in [0.15, 0.2) is 30.3 Å². The normalized spacial score (nSPS) is 13.2. The molecule has 1 aromatic carbocycles. The fraction of sp³-hybridized carbons (Fsp3) is 0.333.